The Labute approximate surface area is 314 Å². The Morgan fingerprint density at radius 3 is 0.320 bits per heavy atom. The van der Waals surface area contributed by atoms with Crippen molar-refractivity contribution in [1.29, 1.82) is 0 Å². The molecule has 0 unspecified atom stereocenters. The van der Waals surface area contributed by atoms with Crippen molar-refractivity contribution in [3.05, 3.63) is 0 Å². The molecule has 0 amide bonds. The third-order valence-corrected chi connectivity index (χ3v) is 2.60. The zero-order chi connectivity index (χ0) is 40.2. The maximum absolute atomic E-state index is 9.50. The summed E-state index contributed by atoms with van der Waals surface area (Å²) in [5.74, 6) is -8.20. The van der Waals surface area contributed by atoms with E-state index in [0.29, 0.717) is 78.5 Å². The van der Waals surface area contributed by atoms with Crippen molar-refractivity contribution in [2.24, 2.45) is 68.8 Å². The fourth-order valence-corrected chi connectivity index (χ4v) is 0.612. The van der Waals surface area contributed by atoms with E-state index in [9.17, 15) is 59.4 Å². The summed E-state index contributed by atoms with van der Waals surface area (Å²) in [6.45, 7) is 7.17. The first-order valence-electron chi connectivity index (χ1n) is 14.0. The van der Waals surface area contributed by atoms with Crippen LogP contribution in [0.25, 0.3) is 0 Å². The first kappa shape index (κ1) is 77.0. The number of hydrogen-bond donors (Lipinski definition) is 12. The number of carbonyl (C=O) groups excluding carboxylic acids is 6. The van der Waals surface area contributed by atoms with Gasteiger partial charge in [0.05, 0.1) is 0 Å². The third kappa shape index (κ3) is 265. The zero-order valence-corrected chi connectivity index (χ0v) is 30.3. The third-order valence-electron chi connectivity index (χ3n) is 2.60. The SMILES string of the molecule is NCCN.NCCN.NCCN.NCCN.NCCN.NCCN.O=C([O-])CCC(=O)[O-].O=C([O-])CCC(=O)[O-].O=C([O-])CCC(=O)[O-].[Co+3].[Co+3]. The second kappa shape index (κ2) is 85.7. The molecule has 0 atom stereocenters. The van der Waals surface area contributed by atoms with Gasteiger partial charge in [-0.2, -0.15) is 0 Å². The Hall–Kier alpha value is -2.65. The molecule has 0 bridgehead atoms. The molecule has 0 spiro atoms. The summed E-state index contributed by atoms with van der Waals surface area (Å²) in [7, 11) is 0. The van der Waals surface area contributed by atoms with E-state index in [4.69, 9.17) is 68.8 Å². The molecule has 0 rings (SSSR count). The fraction of sp³-hybridized carbons (Fsp3) is 0.750. The van der Waals surface area contributed by atoms with Crippen LogP contribution in [0.15, 0.2) is 0 Å². The predicted octanol–water partition coefficient (Wildman–Crippen LogP) is -14.8. The smallest absolute Gasteiger partial charge is 0.550 e. The van der Waals surface area contributed by atoms with Crippen LogP contribution in [0.1, 0.15) is 38.5 Å². The topological polar surface area (TPSA) is 553 Å². The minimum atomic E-state index is -1.37. The molecule has 0 aliphatic carbocycles. The van der Waals surface area contributed by atoms with E-state index in [0.717, 1.165) is 0 Å². The minimum Gasteiger partial charge on any atom is -0.550 e. The number of carbonyl (C=O) groups is 6. The number of carboxylic acid groups (broad SMARTS) is 6. The average Bonchev–Trinajstić information content (AvgIpc) is 3.06. The van der Waals surface area contributed by atoms with Gasteiger partial charge in [-0.25, -0.2) is 0 Å². The van der Waals surface area contributed by atoms with Crippen LogP contribution >= 0.6 is 0 Å². The molecule has 306 valence electrons. The Balaban J connectivity index is -0.0000000386. The number of hydrogen-bond acceptors (Lipinski definition) is 24. The van der Waals surface area contributed by atoms with Crippen LogP contribution in [0.4, 0.5) is 0 Å². The molecule has 0 heterocycles. The van der Waals surface area contributed by atoms with Crippen molar-refractivity contribution in [2.45, 2.75) is 38.5 Å². The molecule has 0 aromatic heterocycles. The Morgan fingerprint density at radius 2 is 0.300 bits per heavy atom. The number of nitrogens with two attached hydrogens (primary N) is 12. The molecular formula is C24H60Co2N12O12. The van der Waals surface area contributed by atoms with Crippen molar-refractivity contribution in [2.75, 3.05) is 78.5 Å². The quantitative estimate of drug-likeness (QED) is 0.0729. The van der Waals surface area contributed by atoms with Gasteiger partial charge in [-0.15, -0.1) is 0 Å². The van der Waals surface area contributed by atoms with Gasteiger partial charge in [0.25, 0.3) is 0 Å². The van der Waals surface area contributed by atoms with E-state index in [2.05, 4.69) is 0 Å². The molecule has 0 fully saturated rings. The zero-order valence-electron chi connectivity index (χ0n) is 28.2. The predicted molar refractivity (Wildman–Crippen MR) is 166 cm³/mol. The van der Waals surface area contributed by atoms with Crippen LogP contribution < -0.4 is 99.4 Å². The van der Waals surface area contributed by atoms with Crippen LogP contribution in [0.3, 0.4) is 0 Å². The van der Waals surface area contributed by atoms with Crippen LogP contribution in [-0.4, -0.2) is 114 Å². The second-order valence-corrected chi connectivity index (χ2v) is 7.20. The summed E-state index contributed by atoms with van der Waals surface area (Å²) < 4.78 is 0. The van der Waals surface area contributed by atoms with E-state index in [1.54, 1.807) is 0 Å². The molecular weight excluding hydrogens is 766 g/mol. The summed E-state index contributed by atoms with van der Waals surface area (Å²) in [4.78, 5) is 57.0. The molecule has 0 radical (unpaired) electrons. The van der Waals surface area contributed by atoms with E-state index >= 15 is 0 Å². The van der Waals surface area contributed by atoms with Gasteiger partial charge < -0.3 is 128 Å². The van der Waals surface area contributed by atoms with Gasteiger partial charge in [0.1, 0.15) is 0 Å². The largest absolute Gasteiger partial charge is 3.00 e. The molecule has 0 saturated carbocycles. The first-order valence-corrected chi connectivity index (χ1v) is 14.0. The first-order chi connectivity index (χ1) is 22.4. The van der Waals surface area contributed by atoms with Gasteiger partial charge in [0, 0.05) is 114 Å². The van der Waals surface area contributed by atoms with Gasteiger partial charge in [-0.05, 0) is 38.5 Å². The maximum Gasteiger partial charge on any atom is 3.00 e. The second-order valence-electron chi connectivity index (χ2n) is 7.20. The van der Waals surface area contributed by atoms with E-state index < -0.39 is 74.3 Å². The van der Waals surface area contributed by atoms with Crippen LogP contribution in [0.2, 0.25) is 0 Å². The van der Waals surface area contributed by atoms with Crippen LogP contribution in [0.5, 0.6) is 0 Å². The van der Waals surface area contributed by atoms with Gasteiger partial charge in [0.2, 0.25) is 0 Å². The Morgan fingerprint density at radius 1 is 0.240 bits per heavy atom. The molecule has 26 heteroatoms. The number of carboxylic acids is 6. The van der Waals surface area contributed by atoms with Crippen LogP contribution in [0, 0.1) is 0 Å². The summed E-state index contributed by atoms with van der Waals surface area (Å²) in [5.41, 5.74) is 58.8. The minimum absolute atomic E-state index is 0. The summed E-state index contributed by atoms with van der Waals surface area (Å²) in [5, 5.41) is 57.0. The molecule has 0 saturated heterocycles. The number of rotatable bonds is 15. The van der Waals surface area contributed by atoms with Gasteiger partial charge in [0.15, 0.2) is 0 Å². The molecule has 0 aliphatic rings. The standard InChI is InChI=1S/3C4H6O4.6C2H8N2.2Co/c3*5-3(6)1-2-4(7)8;6*3-1-2-4;;/h3*1-2H2,(H,5,6)(H,7,8);6*1-4H2;;/q;;;;;;;;;2*+3/p-6. The number of aliphatic carboxylic acids is 6. The fourth-order valence-electron chi connectivity index (χ4n) is 0.612. The van der Waals surface area contributed by atoms with Gasteiger partial charge in [-0.3, -0.25) is 0 Å². The average molecular weight is 827 g/mol. The molecule has 24 nitrogen and oxygen atoms in total. The maximum atomic E-state index is 9.50. The normalized spacial score (nSPS) is 7.68. The van der Waals surface area contributed by atoms with Gasteiger partial charge in [-0.1, -0.05) is 0 Å². The Bertz CT molecular complexity index is 530. The molecule has 0 aromatic carbocycles. The van der Waals surface area contributed by atoms with Crippen LogP contribution in [-0.2, 0) is 62.3 Å². The van der Waals surface area contributed by atoms with Crippen molar-refractivity contribution in [3.8, 4) is 0 Å². The van der Waals surface area contributed by atoms with Crippen molar-refractivity contribution in [1.82, 2.24) is 0 Å². The summed E-state index contributed by atoms with van der Waals surface area (Å²) in [6.07, 6.45) is -2.82. The summed E-state index contributed by atoms with van der Waals surface area (Å²) in [6, 6.07) is 0. The molecule has 50 heavy (non-hydrogen) atoms. The van der Waals surface area contributed by atoms with E-state index in [1.165, 1.54) is 0 Å². The monoisotopic (exact) mass is 826 g/mol. The van der Waals surface area contributed by atoms with Crippen molar-refractivity contribution < 1.29 is 93.0 Å². The molecule has 0 aliphatic heterocycles. The van der Waals surface area contributed by atoms with E-state index in [-0.39, 0.29) is 33.6 Å². The van der Waals surface area contributed by atoms with Crippen molar-refractivity contribution in [3.63, 3.8) is 0 Å². The Kier molecular flexibility index (Phi) is 132. The molecule has 24 N–H and O–H groups in total. The van der Waals surface area contributed by atoms with Crippen molar-refractivity contribution >= 4 is 35.8 Å². The van der Waals surface area contributed by atoms with Gasteiger partial charge >= 0.3 is 33.6 Å². The molecule has 0 aromatic rings. The summed E-state index contributed by atoms with van der Waals surface area (Å²) >= 11 is 0. The van der Waals surface area contributed by atoms with E-state index in [1.807, 2.05) is 0 Å².